The lowest BCUT2D eigenvalue weighted by Crippen LogP contribution is -2.75. The Morgan fingerprint density at radius 2 is 0.654 bits per heavy atom. The van der Waals surface area contributed by atoms with Gasteiger partial charge in [-0.05, 0) is 41.6 Å². The minimum absolute atomic E-state index is 0.0165. The number of carbonyl (C=O) groups is 2. The fourth-order valence-electron chi connectivity index (χ4n) is 8.64. The van der Waals surface area contributed by atoms with Gasteiger partial charge in [0.2, 0.25) is 0 Å². The van der Waals surface area contributed by atoms with E-state index in [1.807, 2.05) is 61.1 Å². The first-order chi connectivity index (χ1) is 36.7. The number of hydrogen-bond acceptors (Lipinski definition) is 4. The number of hydrogen-bond donors (Lipinski definition) is 0. The van der Waals surface area contributed by atoms with E-state index >= 15 is 0 Å². The topological polar surface area (TPSA) is 56.5 Å². The van der Waals surface area contributed by atoms with E-state index in [1.165, 1.54) is 14.2 Å². The van der Waals surface area contributed by atoms with Gasteiger partial charge in [0, 0.05) is 17.0 Å². The number of benzene rings is 5. The standard InChI is InChI=1S/C32H12BF24.C19H22NO4/c34-25(35,36)13-1-14(26(37,38)39)6-21(5-13)33(22-7-15(27(40,41)42)2-16(8-22)28(43,44)45,23-9-17(29(46,47)48)3-18(10-23)30(49,50)51)24-11-19(31(52,53)54)4-20(12-24)32(55,56)57;1-13(2)16(17(18(21)23-3)19(22)24-4)12-20-10-9-14-7-5-6-8-15(14)11-20/h1-12H;5-11,13H,12H2,1-4H3/q-1;+1. The van der Waals surface area contributed by atoms with Gasteiger partial charge < -0.3 is 9.47 Å². The molecule has 0 aliphatic carbocycles. The summed E-state index contributed by atoms with van der Waals surface area (Å²) in [6, 6.07) is 1.21. The molecule has 1 aromatic heterocycles. The third-order valence-corrected chi connectivity index (χ3v) is 12.3. The van der Waals surface area contributed by atoms with E-state index in [1.54, 1.807) is 0 Å². The molecule has 5 nitrogen and oxygen atoms in total. The number of carbonyl (C=O) groups excluding carboxylic acids is 2. The molecule has 1 heterocycles. The van der Waals surface area contributed by atoms with Crippen molar-refractivity contribution in [3.05, 3.63) is 171 Å². The molecule has 0 bridgehead atoms. The summed E-state index contributed by atoms with van der Waals surface area (Å²) in [5, 5.41) is 2.21. The Morgan fingerprint density at radius 1 is 0.407 bits per heavy atom. The number of fused-ring (bicyclic) bond motifs is 1. The van der Waals surface area contributed by atoms with Crippen molar-refractivity contribution in [1.29, 1.82) is 0 Å². The van der Waals surface area contributed by atoms with Gasteiger partial charge in [0.25, 0.3) is 0 Å². The molecule has 6 aromatic rings. The van der Waals surface area contributed by atoms with Crippen LogP contribution in [0.3, 0.4) is 0 Å². The van der Waals surface area contributed by atoms with Crippen molar-refractivity contribution in [2.24, 2.45) is 5.92 Å². The summed E-state index contributed by atoms with van der Waals surface area (Å²) in [5.74, 6) is -1.36. The predicted molar refractivity (Wildman–Crippen MR) is 240 cm³/mol. The van der Waals surface area contributed by atoms with Crippen molar-refractivity contribution in [3.8, 4) is 0 Å². The zero-order valence-electron chi connectivity index (χ0n) is 41.0. The molecule has 0 saturated heterocycles. The third kappa shape index (κ3) is 14.7. The highest BCUT2D eigenvalue weighted by Crippen LogP contribution is 2.41. The van der Waals surface area contributed by atoms with Gasteiger partial charge in [0.1, 0.15) is 6.15 Å². The van der Waals surface area contributed by atoms with Crippen molar-refractivity contribution in [1.82, 2.24) is 0 Å². The van der Waals surface area contributed by atoms with Gasteiger partial charge >= 0.3 is 61.3 Å². The number of pyridine rings is 1. The molecule has 81 heavy (non-hydrogen) atoms. The van der Waals surface area contributed by atoms with Crippen LogP contribution in [0.15, 0.2) is 127 Å². The number of esters is 2. The van der Waals surface area contributed by atoms with E-state index in [4.69, 9.17) is 9.47 Å². The van der Waals surface area contributed by atoms with Gasteiger partial charge in [-0.1, -0.05) is 80.6 Å². The van der Waals surface area contributed by atoms with Gasteiger partial charge in [0.05, 0.1) is 58.7 Å². The van der Waals surface area contributed by atoms with Crippen LogP contribution in [0.4, 0.5) is 105 Å². The molecule has 0 aliphatic heterocycles. The molecule has 5 aromatic carbocycles. The Bertz CT molecular complexity index is 2890. The summed E-state index contributed by atoms with van der Waals surface area (Å²) in [5.41, 5.74) is -29.6. The van der Waals surface area contributed by atoms with Gasteiger partial charge in [0.15, 0.2) is 24.5 Å². The second kappa shape index (κ2) is 22.5. The van der Waals surface area contributed by atoms with Crippen LogP contribution in [-0.2, 0) is 75.0 Å². The average molecular weight is 1190 g/mol. The van der Waals surface area contributed by atoms with Crippen molar-refractivity contribution in [2.75, 3.05) is 14.2 Å². The number of methoxy groups -OCH3 is 2. The minimum Gasteiger partial charge on any atom is -0.465 e. The smallest absolute Gasteiger partial charge is 0.416 e. The van der Waals surface area contributed by atoms with E-state index in [2.05, 4.69) is 0 Å². The Kier molecular flexibility index (Phi) is 17.9. The van der Waals surface area contributed by atoms with Crippen molar-refractivity contribution >= 4 is 50.7 Å². The SMILES string of the molecule is COC(=O)C(C(=O)OC)=C(C[n+]1ccc2ccccc2c1)C(C)C.FC(F)(F)c1cc([B-](c2cc(C(F)(F)F)cc(C(F)(F)F)c2)(c2cc(C(F)(F)F)cc(C(F)(F)F)c2)c2cc(C(F)(F)F)cc(C(F)(F)F)c2)cc(C(F)(F)F)c1. The number of nitrogens with zero attached hydrogens (tertiary/aromatic N) is 1. The molecule has 0 N–H and O–H groups in total. The summed E-state index contributed by atoms with van der Waals surface area (Å²) in [7, 11) is 2.51. The second-order valence-electron chi connectivity index (χ2n) is 18.0. The minimum atomic E-state index is -6.13. The third-order valence-electron chi connectivity index (χ3n) is 12.3. The summed E-state index contributed by atoms with van der Waals surface area (Å²) in [6.07, 6.45) is -50.9. The first-order valence-corrected chi connectivity index (χ1v) is 22.4. The predicted octanol–water partition coefficient (Wildman–Crippen LogP) is 13.6. The van der Waals surface area contributed by atoms with Crippen LogP contribution >= 0.6 is 0 Å². The summed E-state index contributed by atoms with van der Waals surface area (Å²) in [6.45, 7) is 4.27. The molecule has 0 amide bonds. The number of rotatable bonds is 9. The van der Waals surface area contributed by atoms with Crippen molar-refractivity contribution in [3.63, 3.8) is 0 Å². The maximum absolute atomic E-state index is 14.2. The molecule has 0 fully saturated rings. The van der Waals surface area contributed by atoms with Crippen LogP contribution in [0.5, 0.6) is 0 Å². The lowest BCUT2D eigenvalue weighted by Gasteiger charge is -2.46. The van der Waals surface area contributed by atoms with Gasteiger partial charge in [-0.3, -0.25) is 0 Å². The van der Waals surface area contributed by atoms with Crippen LogP contribution in [0.25, 0.3) is 10.8 Å². The number of allylic oxidation sites excluding steroid dienone is 1. The highest BCUT2D eigenvalue weighted by Gasteiger charge is 2.47. The van der Waals surface area contributed by atoms with Crippen LogP contribution in [0.1, 0.15) is 58.4 Å². The molecule has 0 aliphatic rings. The molecule has 0 unspecified atom stereocenters. The molecular formula is C51H34BF24NO4. The molecule has 6 rings (SSSR count). The molecular weight excluding hydrogens is 1160 g/mol. The van der Waals surface area contributed by atoms with E-state index in [9.17, 15) is 115 Å². The quantitative estimate of drug-likeness (QED) is 0.0275. The maximum atomic E-state index is 14.2. The fourth-order valence-corrected chi connectivity index (χ4v) is 8.64. The van der Waals surface area contributed by atoms with Crippen LogP contribution < -0.4 is 26.4 Å². The van der Waals surface area contributed by atoms with Crippen LogP contribution in [0, 0.1) is 5.92 Å². The molecule has 0 spiro atoms. The van der Waals surface area contributed by atoms with Crippen molar-refractivity contribution < 1.29 is 129 Å². The molecule has 30 heteroatoms. The van der Waals surface area contributed by atoms with Crippen LogP contribution in [0.2, 0.25) is 0 Å². The van der Waals surface area contributed by atoms with E-state index in [0.29, 0.717) is 12.1 Å². The van der Waals surface area contributed by atoms with E-state index in [0.717, 1.165) is 10.8 Å². The molecule has 438 valence electrons. The maximum Gasteiger partial charge on any atom is 0.416 e. The van der Waals surface area contributed by atoms with Crippen molar-refractivity contribution in [2.45, 2.75) is 69.8 Å². The number of alkyl halides is 24. The Morgan fingerprint density at radius 3 is 0.877 bits per heavy atom. The van der Waals surface area contributed by atoms with E-state index < -0.39 is 207 Å². The van der Waals surface area contributed by atoms with Gasteiger partial charge in [-0.2, -0.15) is 127 Å². The van der Waals surface area contributed by atoms with Gasteiger partial charge in [-0.15, -0.1) is 0 Å². The van der Waals surface area contributed by atoms with Gasteiger partial charge in [-0.25, -0.2) is 14.2 Å². The lowest BCUT2D eigenvalue weighted by atomic mass is 9.12. The second-order valence-corrected chi connectivity index (χ2v) is 18.0. The zero-order chi connectivity index (χ0) is 61.6. The number of ether oxygens (including phenoxy) is 2. The fraction of sp³-hybridized carbons (Fsp3) is 0.275. The Hall–Kier alpha value is -7.43. The number of aromatic nitrogens is 1. The largest absolute Gasteiger partial charge is 0.465 e. The first-order valence-electron chi connectivity index (χ1n) is 22.4. The first kappa shape index (κ1) is 64.4. The monoisotopic (exact) mass is 1190 g/mol. The summed E-state index contributed by atoms with van der Waals surface area (Å²) in [4.78, 5) is 24.1. The highest BCUT2D eigenvalue weighted by molar-refractivity contribution is 7.20. The zero-order valence-corrected chi connectivity index (χ0v) is 41.0. The van der Waals surface area contributed by atoms with Crippen LogP contribution in [-0.4, -0.2) is 32.3 Å². The van der Waals surface area contributed by atoms with E-state index in [-0.39, 0.29) is 11.5 Å². The Balaban J connectivity index is 0.000000416. The lowest BCUT2D eigenvalue weighted by molar-refractivity contribution is -0.688. The summed E-state index contributed by atoms with van der Waals surface area (Å²) >= 11 is 0. The molecule has 0 saturated carbocycles. The summed E-state index contributed by atoms with van der Waals surface area (Å²) < 4.78 is 352. The molecule has 0 radical (unpaired) electrons. The normalized spacial score (nSPS) is 13.2. The Labute approximate surface area is 440 Å². The average Bonchev–Trinajstić information content (AvgIpc) is 3.34. The highest BCUT2D eigenvalue weighted by atomic mass is 19.4. The number of halogens is 24. The molecule has 0 atom stereocenters.